The van der Waals surface area contributed by atoms with Crippen molar-refractivity contribution in [2.75, 3.05) is 0 Å². The number of halogens is 3. The molecule has 1 heterocycles. The van der Waals surface area contributed by atoms with Gasteiger partial charge >= 0.3 is 0 Å². The summed E-state index contributed by atoms with van der Waals surface area (Å²) in [5, 5.41) is 0.412. The van der Waals surface area contributed by atoms with Gasteiger partial charge in [0.05, 0.1) is 0 Å². The van der Waals surface area contributed by atoms with Gasteiger partial charge < -0.3 is 5.73 Å². The molecular weight excluding hydrogens is 249 g/mol. The SMILES string of the molecule is CC(N)c1cnc(-c2cc(F)c(F)c(F)c2)s1. The summed E-state index contributed by atoms with van der Waals surface area (Å²) in [5.74, 6) is -3.92. The zero-order chi connectivity index (χ0) is 12.6. The lowest BCUT2D eigenvalue weighted by Crippen LogP contribution is -2.01. The lowest BCUT2D eigenvalue weighted by atomic mass is 10.2. The first-order valence-electron chi connectivity index (χ1n) is 4.85. The predicted octanol–water partition coefficient (Wildman–Crippen LogP) is 3.25. The second-order valence-electron chi connectivity index (χ2n) is 3.61. The summed E-state index contributed by atoms with van der Waals surface area (Å²) in [7, 11) is 0. The van der Waals surface area contributed by atoms with E-state index < -0.39 is 17.5 Å². The summed E-state index contributed by atoms with van der Waals surface area (Å²) in [5.41, 5.74) is 5.86. The summed E-state index contributed by atoms with van der Waals surface area (Å²) in [6.45, 7) is 1.78. The van der Waals surface area contributed by atoms with Crippen LogP contribution in [0.4, 0.5) is 13.2 Å². The van der Waals surface area contributed by atoms with E-state index in [1.165, 1.54) is 11.3 Å². The minimum atomic E-state index is -1.47. The van der Waals surface area contributed by atoms with Crippen LogP contribution in [0, 0.1) is 17.5 Å². The zero-order valence-electron chi connectivity index (χ0n) is 8.88. The quantitative estimate of drug-likeness (QED) is 0.840. The van der Waals surface area contributed by atoms with E-state index in [0.29, 0.717) is 5.01 Å². The van der Waals surface area contributed by atoms with Gasteiger partial charge in [-0.3, -0.25) is 0 Å². The third-order valence-corrected chi connectivity index (χ3v) is 3.45. The number of rotatable bonds is 2. The number of hydrogen-bond donors (Lipinski definition) is 1. The lowest BCUT2D eigenvalue weighted by molar-refractivity contribution is 0.447. The summed E-state index contributed by atoms with van der Waals surface area (Å²) < 4.78 is 38.8. The fraction of sp³-hybridized carbons (Fsp3) is 0.182. The molecule has 1 atom stereocenters. The van der Waals surface area contributed by atoms with Gasteiger partial charge in [-0.25, -0.2) is 18.2 Å². The van der Waals surface area contributed by atoms with Gasteiger partial charge in [-0.15, -0.1) is 11.3 Å². The highest BCUT2D eigenvalue weighted by Crippen LogP contribution is 2.29. The van der Waals surface area contributed by atoms with E-state index in [1.54, 1.807) is 13.1 Å². The fourth-order valence-electron chi connectivity index (χ4n) is 1.31. The number of thiazole rings is 1. The first kappa shape index (κ1) is 12.1. The molecule has 1 unspecified atom stereocenters. The second kappa shape index (κ2) is 4.46. The highest BCUT2D eigenvalue weighted by atomic mass is 32.1. The van der Waals surface area contributed by atoms with Crippen molar-refractivity contribution in [2.24, 2.45) is 5.73 Å². The van der Waals surface area contributed by atoms with Gasteiger partial charge in [-0.1, -0.05) is 0 Å². The Bertz CT molecular complexity index is 528. The lowest BCUT2D eigenvalue weighted by Gasteiger charge is -2.00. The molecule has 0 saturated heterocycles. The molecule has 0 radical (unpaired) electrons. The van der Waals surface area contributed by atoms with Crippen molar-refractivity contribution in [3.63, 3.8) is 0 Å². The molecule has 6 heteroatoms. The molecule has 1 aromatic heterocycles. The highest BCUT2D eigenvalue weighted by molar-refractivity contribution is 7.15. The van der Waals surface area contributed by atoms with Crippen LogP contribution < -0.4 is 5.73 Å². The highest BCUT2D eigenvalue weighted by Gasteiger charge is 2.14. The van der Waals surface area contributed by atoms with Crippen molar-refractivity contribution in [1.29, 1.82) is 0 Å². The van der Waals surface area contributed by atoms with E-state index in [9.17, 15) is 13.2 Å². The van der Waals surface area contributed by atoms with Crippen LogP contribution >= 0.6 is 11.3 Å². The molecule has 0 aliphatic carbocycles. The average Bonchev–Trinajstić information content (AvgIpc) is 2.74. The smallest absolute Gasteiger partial charge is 0.194 e. The summed E-state index contributed by atoms with van der Waals surface area (Å²) >= 11 is 1.23. The molecule has 0 fully saturated rings. The molecule has 2 rings (SSSR count). The largest absolute Gasteiger partial charge is 0.323 e. The van der Waals surface area contributed by atoms with Crippen LogP contribution in [0.2, 0.25) is 0 Å². The fourth-order valence-corrected chi connectivity index (χ4v) is 2.17. The molecule has 0 bridgehead atoms. The van der Waals surface area contributed by atoms with Crippen molar-refractivity contribution >= 4 is 11.3 Å². The van der Waals surface area contributed by atoms with Gasteiger partial charge in [0, 0.05) is 22.7 Å². The Morgan fingerprint density at radius 1 is 1.24 bits per heavy atom. The average molecular weight is 258 g/mol. The van der Waals surface area contributed by atoms with Gasteiger partial charge in [0.2, 0.25) is 0 Å². The van der Waals surface area contributed by atoms with E-state index in [4.69, 9.17) is 5.73 Å². The van der Waals surface area contributed by atoms with Crippen molar-refractivity contribution in [3.8, 4) is 10.6 Å². The predicted molar refractivity (Wildman–Crippen MR) is 60.0 cm³/mol. The number of hydrogen-bond acceptors (Lipinski definition) is 3. The van der Waals surface area contributed by atoms with Gasteiger partial charge in [0.15, 0.2) is 17.5 Å². The van der Waals surface area contributed by atoms with E-state index in [2.05, 4.69) is 4.98 Å². The van der Waals surface area contributed by atoms with E-state index in [1.807, 2.05) is 0 Å². The monoisotopic (exact) mass is 258 g/mol. The van der Waals surface area contributed by atoms with Crippen LogP contribution in [0.25, 0.3) is 10.6 Å². The van der Waals surface area contributed by atoms with Crippen molar-refractivity contribution in [2.45, 2.75) is 13.0 Å². The molecule has 2 aromatic rings. The van der Waals surface area contributed by atoms with Crippen LogP contribution in [0.5, 0.6) is 0 Å². The van der Waals surface area contributed by atoms with Crippen LogP contribution in [0.1, 0.15) is 17.8 Å². The first-order valence-corrected chi connectivity index (χ1v) is 5.67. The van der Waals surface area contributed by atoms with Crippen LogP contribution in [0.3, 0.4) is 0 Å². The third-order valence-electron chi connectivity index (χ3n) is 2.20. The third kappa shape index (κ3) is 2.32. The number of nitrogens with two attached hydrogens (primary N) is 1. The molecule has 0 aliphatic rings. The Hall–Kier alpha value is -1.40. The molecule has 2 N–H and O–H groups in total. The summed E-state index contributed by atoms with van der Waals surface area (Å²) in [6, 6.07) is 1.64. The second-order valence-corrected chi connectivity index (χ2v) is 4.67. The van der Waals surface area contributed by atoms with E-state index in [0.717, 1.165) is 17.0 Å². The van der Waals surface area contributed by atoms with Crippen LogP contribution in [-0.2, 0) is 0 Å². The molecular formula is C11H9F3N2S. The number of aromatic nitrogens is 1. The molecule has 2 nitrogen and oxygen atoms in total. The van der Waals surface area contributed by atoms with Gasteiger partial charge in [-0.05, 0) is 19.1 Å². The van der Waals surface area contributed by atoms with Gasteiger partial charge in [-0.2, -0.15) is 0 Å². The molecule has 1 aromatic carbocycles. The maximum atomic E-state index is 13.0. The summed E-state index contributed by atoms with van der Waals surface area (Å²) in [6.07, 6.45) is 1.55. The minimum absolute atomic E-state index is 0.198. The van der Waals surface area contributed by atoms with Crippen molar-refractivity contribution < 1.29 is 13.2 Å². The maximum Gasteiger partial charge on any atom is 0.194 e. The van der Waals surface area contributed by atoms with Gasteiger partial charge in [0.25, 0.3) is 0 Å². The Morgan fingerprint density at radius 2 is 1.82 bits per heavy atom. The molecule has 0 aliphatic heterocycles. The Morgan fingerprint density at radius 3 is 2.29 bits per heavy atom. The number of benzene rings is 1. The normalized spacial score (nSPS) is 12.8. The summed E-state index contributed by atoms with van der Waals surface area (Å²) in [4.78, 5) is 4.80. The Kier molecular flexibility index (Phi) is 3.17. The zero-order valence-corrected chi connectivity index (χ0v) is 9.69. The standard InChI is InChI=1S/C11H9F3N2S/c1-5(15)9-4-16-11(17-9)6-2-7(12)10(14)8(13)3-6/h2-5H,15H2,1H3. The van der Waals surface area contributed by atoms with Gasteiger partial charge in [0.1, 0.15) is 5.01 Å². The molecule has 0 amide bonds. The molecule has 0 spiro atoms. The van der Waals surface area contributed by atoms with Crippen molar-refractivity contribution in [3.05, 3.63) is 40.7 Å². The molecule has 90 valence electrons. The van der Waals surface area contributed by atoms with Crippen LogP contribution in [-0.4, -0.2) is 4.98 Å². The molecule has 17 heavy (non-hydrogen) atoms. The maximum absolute atomic E-state index is 13.0. The van der Waals surface area contributed by atoms with E-state index >= 15 is 0 Å². The van der Waals surface area contributed by atoms with Crippen molar-refractivity contribution in [1.82, 2.24) is 4.98 Å². The first-order chi connectivity index (χ1) is 7.99. The van der Waals surface area contributed by atoms with E-state index in [-0.39, 0.29) is 11.6 Å². The molecule has 0 saturated carbocycles. The Balaban J connectivity index is 2.46. The minimum Gasteiger partial charge on any atom is -0.323 e. The topological polar surface area (TPSA) is 38.9 Å². The van der Waals surface area contributed by atoms with Crippen LogP contribution in [0.15, 0.2) is 18.3 Å². The Labute approximate surface area is 99.9 Å². The number of nitrogens with zero attached hydrogens (tertiary/aromatic N) is 1.